The molecule has 1 heterocycles. The zero-order valence-corrected chi connectivity index (χ0v) is 17.4. The fraction of sp³-hybridized carbons (Fsp3) is 0.238. The summed E-state index contributed by atoms with van der Waals surface area (Å²) in [6.07, 6.45) is 0.872. The van der Waals surface area contributed by atoms with E-state index in [1.807, 2.05) is 18.2 Å². The molecule has 1 amide bonds. The van der Waals surface area contributed by atoms with Gasteiger partial charge in [0.05, 0.1) is 12.2 Å². The van der Waals surface area contributed by atoms with Crippen LogP contribution < -0.4 is 11.1 Å². The Labute approximate surface area is 178 Å². The molecule has 2 aromatic carbocycles. The number of rotatable bonds is 9. The molecule has 0 spiro atoms. The number of nitrogens with one attached hydrogen (secondary N) is 1. The topological polar surface area (TPSA) is 112 Å². The zero-order valence-electron chi connectivity index (χ0n) is 16.6. The SMILES string of the molecule is CCOC(=O)c1ccc(NC(=O)Cn2c(N)nnc2SCCc2ccccc2)cc1. The van der Waals surface area contributed by atoms with Crippen molar-refractivity contribution >= 4 is 35.3 Å². The Bertz CT molecular complexity index is 990. The highest BCUT2D eigenvalue weighted by molar-refractivity contribution is 7.99. The Morgan fingerprint density at radius 3 is 2.53 bits per heavy atom. The number of nitrogens with two attached hydrogens (primary N) is 1. The molecule has 0 fully saturated rings. The number of thioether (sulfide) groups is 1. The average molecular weight is 426 g/mol. The molecule has 3 aromatic rings. The van der Waals surface area contributed by atoms with Gasteiger partial charge in [-0.3, -0.25) is 9.36 Å². The predicted octanol–water partition coefficient (Wildman–Crippen LogP) is 3.01. The van der Waals surface area contributed by atoms with Gasteiger partial charge in [-0.2, -0.15) is 0 Å². The van der Waals surface area contributed by atoms with Gasteiger partial charge in [0, 0.05) is 11.4 Å². The van der Waals surface area contributed by atoms with Crippen LogP contribution in [0.25, 0.3) is 0 Å². The van der Waals surface area contributed by atoms with Crippen LogP contribution in [0.5, 0.6) is 0 Å². The Balaban J connectivity index is 1.56. The summed E-state index contributed by atoms with van der Waals surface area (Å²) in [5.41, 5.74) is 8.12. The number of anilines is 2. The molecule has 0 bridgehead atoms. The highest BCUT2D eigenvalue weighted by Crippen LogP contribution is 2.20. The van der Waals surface area contributed by atoms with Crippen molar-refractivity contribution < 1.29 is 14.3 Å². The van der Waals surface area contributed by atoms with Crippen LogP contribution in [0, 0.1) is 0 Å². The molecule has 8 nitrogen and oxygen atoms in total. The Morgan fingerprint density at radius 1 is 1.10 bits per heavy atom. The standard InChI is InChI=1S/C21H23N5O3S/c1-2-29-19(28)16-8-10-17(11-9-16)23-18(27)14-26-20(22)24-25-21(26)30-13-12-15-6-4-3-5-7-15/h3-11H,2,12-14H2,1H3,(H2,22,24)(H,23,27). The lowest BCUT2D eigenvalue weighted by Gasteiger charge is -2.09. The van der Waals surface area contributed by atoms with E-state index in [0.29, 0.717) is 23.0 Å². The van der Waals surface area contributed by atoms with E-state index in [9.17, 15) is 9.59 Å². The largest absolute Gasteiger partial charge is 0.462 e. The summed E-state index contributed by atoms with van der Waals surface area (Å²) in [4.78, 5) is 24.2. The van der Waals surface area contributed by atoms with Crippen molar-refractivity contribution in [2.75, 3.05) is 23.4 Å². The molecular formula is C21H23N5O3S. The number of esters is 1. The monoisotopic (exact) mass is 425 g/mol. The van der Waals surface area contributed by atoms with Crippen molar-refractivity contribution in [2.45, 2.75) is 25.0 Å². The third-order valence-corrected chi connectivity index (χ3v) is 5.16. The van der Waals surface area contributed by atoms with Crippen molar-refractivity contribution in [1.82, 2.24) is 14.8 Å². The van der Waals surface area contributed by atoms with E-state index < -0.39 is 5.97 Å². The third-order valence-electron chi connectivity index (χ3n) is 4.19. The van der Waals surface area contributed by atoms with Crippen LogP contribution in [0.4, 0.5) is 11.6 Å². The zero-order chi connectivity index (χ0) is 21.3. The molecule has 0 atom stereocenters. The fourth-order valence-corrected chi connectivity index (χ4v) is 3.64. The molecule has 3 rings (SSSR count). The average Bonchev–Trinajstić information content (AvgIpc) is 3.09. The van der Waals surface area contributed by atoms with E-state index in [2.05, 4.69) is 27.6 Å². The first kappa shape index (κ1) is 21.4. The van der Waals surface area contributed by atoms with Crippen molar-refractivity contribution in [3.63, 3.8) is 0 Å². The maximum atomic E-state index is 12.5. The van der Waals surface area contributed by atoms with Crippen LogP contribution in [0.3, 0.4) is 0 Å². The summed E-state index contributed by atoms with van der Waals surface area (Å²) < 4.78 is 6.53. The molecule has 3 N–H and O–H groups in total. The maximum Gasteiger partial charge on any atom is 0.338 e. The molecule has 1 aromatic heterocycles. The van der Waals surface area contributed by atoms with Gasteiger partial charge in [-0.25, -0.2) is 4.79 Å². The Kier molecular flexibility index (Phi) is 7.45. The van der Waals surface area contributed by atoms with Gasteiger partial charge in [0.15, 0.2) is 5.16 Å². The lowest BCUT2D eigenvalue weighted by atomic mass is 10.2. The minimum Gasteiger partial charge on any atom is -0.462 e. The molecule has 0 radical (unpaired) electrons. The molecule has 0 aliphatic heterocycles. The molecule has 156 valence electrons. The van der Waals surface area contributed by atoms with Crippen molar-refractivity contribution in [2.24, 2.45) is 0 Å². The second kappa shape index (κ2) is 10.4. The number of nitrogen functional groups attached to an aromatic ring is 1. The van der Waals surface area contributed by atoms with E-state index in [-0.39, 0.29) is 18.4 Å². The first-order valence-corrected chi connectivity index (χ1v) is 10.5. The first-order valence-electron chi connectivity index (χ1n) is 9.49. The van der Waals surface area contributed by atoms with Crippen LogP contribution in [0.15, 0.2) is 59.8 Å². The van der Waals surface area contributed by atoms with Crippen LogP contribution in [0.2, 0.25) is 0 Å². The van der Waals surface area contributed by atoms with Gasteiger partial charge in [0.1, 0.15) is 6.54 Å². The van der Waals surface area contributed by atoms with E-state index >= 15 is 0 Å². The fourth-order valence-electron chi connectivity index (χ4n) is 2.71. The second-order valence-electron chi connectivity index (χ2n) is 6.36. The van der Waals surface area contributed by atoms with Crippen LogP contribution in [0.1, 0.15) is 22.8 Å². The van der Waals surface area contributed by atoms with Crippen LogP contribution >= 0.6 is 11.8 Å². The first-order chi connectivity index (χ1) is 14.6. The van der Waals surface area contributed by atoms with Gasteiger partial charge in [-0.15, -0.1) is 10.2 Å². The predicted molar refractivity (Wildman–Crippen MR) is 116 cm³/mol. The number of nitrogens with zero attached hydrogens (tertiary/aromatic N) is 3. The summed E-state index contributed by atoms with van der Waals surface area (Å²) in [6, 6.07) is 16.6. The number of ether oxygens (including phenoxy) is 1. The van der Waals surface area contributed by atoms with Gasteiger partial charge in [0.2, 0.25) is 11.9 Å². The van der Waals surface area contributed by atoms with Gasteiger partial charge < -0.3 is 15.8 Å². The number of hydrogen-bond acceptors (Lipinski definition) is 7. The molecule has 30 heavy (non-hydrogen) atoms. The number of aromatic nitrogens is 3. The molecule has 9 heteroatoms. The molecular weight excluding hydrogens is 402 g/mol. The number of amides is 1. The smallest absolute Gasteiger partial charge is 0.338 e. The lowest BCUT2D eigenvalue weighted by Crippen LogP contribution is -2.20. The number of aryl methyl sites for hydroxylation is 1. The van der Waals surface area contributed by atoms with E-state index in [1.165, 1.54) is 17.3 Å². The third kappa shape index (κ3) is 5.84. The lowest BCUT2D eigenvalue weighted by molar-refractivity contribution is -0.116. The highest BCUT2D eigenvalue weighted by atomic mass is 32.2. The summed E-state index contributed by atoms with van der Waals surface area (Å²) in [5.74, 6) is 0.309. The van der Waals surface area contributed by atoms with E-state index in [1.54, 1.807) is 35.8 Å². The van der Waals surface area contributed by atoms with Gasteiger partial charge >= 0.3 is 5.97 Å². The molecule has 0 saturated carbocycles. The number of carbonyl (C=O) groups excluding carboxylic acids is 2. The van der Waals surface area contributed by atoms with E-state index in [4.69, 9.17) is 10.5 Å². The quantitative estimate of drug-likeness (QED) is 0.400. The van der Waals surface area contributed by atoms with E-state index in [0.717, 1.165) is 12.2 Å². The highest BCUT2D eigenvalue weighted by Gasteiger charge is 2.14. The summed E-state index contributed by atoms with van der Waals surface area (Å²) >= 11 is 1.50. The van der Waals surface area contributed by atoms with Crippen molar-refractivity contribution in [3.05, 3.63) is 65.7 Å². The number of benzene rings is 2. The summed E-state index contributed by atoms with van der Waals surface area (Å²) in [6.45, 7) is 2.05. The number of carbonyl (C=O) groups is 2. The summed E-state index contributed by atoms with van der Waals surface area (Å²) in [7, 11) is 0. The Morgan fingerprint density at radius 2 is 1.83 bits per heavy atom. The van der Waals surface area contributed by atoms with Gasteiger partial charge in [0.25, 0.3) is 0 Å². The van der Waals surface area contributed by atoms with Crippen LogP contribution in [-0.4, -0.2) is 39.0 Å². The van der Waals surface area contributed by atoms with Gasteiger partial charge in [-0.05, 0) is 43.2 Å². The van der Waals surface area contributed by atoms with Crippen molar-refractivity contribution in [3.8, 4) is 0 Å². The summed E-state index contributed by atoms with van der Waals surface area (Å²) in [5, 5.41) is 11.3. The Hall–Kier alpha value is -3.33. The van der Waals surface area contributed by atoms with Crippen molar-refractivity contribution in [1.29, 1.82) is 0 Å². The second-order valence-corrected chi connectivity index (χ2v) is 7.42. The minimum atomic E-state index is -0.398. The minimum absolute atomic E-state index is 0.00781. The number of hydrogen-bond donors (Lipinski definition) is 2. The molecule has 0 saturated heterocycles. The molecule has 0 aliphatic carbocycles. The molecule has 0 aliphatic rings. The van der Waals surface area contributed by atoms with Crippen LogP contribution in [-0.2, 0) is 22.5 Å². The molecule has 0 unspecified atom stereocenters. The maximum absolute atomic E-state index is 12.5. The van der Waals surface area contributed by atoms with Gasteiger partial charge in [-0.1, -0.05) is 42.1 Å². The normalized spacial score (nSPS) is 10.6.